The SMILES string of the molecule is Cc1cc(C)c2nc(CC(C)(C)C)n(-c3ccc(CCO)cc3)c2n1. The van der Waals surface area contributed by atoms with Crippen LogP contribution in [-0.2, 0) is 12.8 Å². The van der Waals surface area contributed by atoms with Crippen molar-refractivity contribution in [1.82, 2.24) is 14.5 Å². The predicted molar refractivity (Wildman–Crippen MR) is 102 cm³/mol. The molecule has 0 saturated carbocycles. The Morgan fingerprint density at radius 3 is 2.32 bits per heavy atom. The summed E-state index contributed by atoms with van der Waals surface area (Å²) < 4.78 is 2.18. The van der Waals surface area contributed by atoms with E-state index in [0.717, 1.165) is 45.9 Å². The van der Waals surface area contributed by atoms with Crippen LogP contribution < -0.4 is 0 Å². The number of rotatable bonds is 4. The average Bonchev–Trinajstić information content (AvgIpc) is 2.85. The van der Waals surface area contributed by atoms with Gasteiger partial charge in [0.2, 0.25) is 0 Å². The van der Waals surface area contributed by atoms with Crippen LogP contribution in [0.3, 0.4) is 0 Å². The molecule has 0 aliphatic carbocycles. The van der Waals surface area contributed by atoms with Gasteiger partial charge in [-0.25, -0.2) is 9.97 Å². The molecule has 1 N–H and O–H groups in total. The van der Waals surface area contributed by atoms with Gasteiger partial charge in [-0.15, -0.1) is 0 Å². The van der Waals surface area contributed by atoms with Crippen molar-refractivity contribution in [3.05, 3.63) is 53.0 Å². The zero-order valence-corrected chi connectivity index (χ0v) is 15.8. The van der Waals surface area contributed by atoms with E-state index >= 15 is 0 Å². The summed E-state index contributed by atoms with van der Waals surface area (Å²) >= 11 is 0. The summed E-state index contributed by atoms with van der Waals surface area (Å²) in [5.74, 6) is 1.04. The number of hydrogen-bond acceptors (Lipinski definition) is 3. The Morgan fingerprint density at radius 2 is 1.72 bits per heavy atom. The summed E-state index contributed by atoms with van der Waals surface area (Å²) in [5, 5.41) is 9.12. The number of fused-ring (bicyclic) bond motifs is 1. The molecule has 2 heterocycles. The fraction of sp³-hybridized carbons (Fsp3) is 0.429. The van der Waals surface area contributed by atoms with Crippen LogP contribution in [0.15, 0.2) is 30.3 Å². The molecular formula is C21H27N3O. The first-order valence-electron chi connectivity index (χ1n) is 8.84. The number of nitrogens with zero attached hydrogens (tertiary/aromatic N) is 3. The Balaban J connectivity index is 2.21. The van der Waals surface area contributed by atoms with E-state index in [0.29, 0.717) is 6.42 Å². The molecule has 1 aromatic carbocycles. The van der Waals surface area contributed by atoms with Crippen LogP contribution in [0.4, 0.5) is 0 Å². The van der Waals surface area contributed by atoms with Gasteiger partial charge in [0, 0.05) is 24.4 Å². The summed E-state index contributed by atoms with van der Waals surface area (Å²) in [6, 6.07) is 10.4. The number of aromatic nitrogens is 3. The van der Waals surface area contributed by atoms with Crippen molar-refractivity contribution in [3.8, 4) is 5.69 Å². The second kappa shape index (κ2) is 6.60. The Labute approximate surface area is 149 Å². The van der Waals surface area contributed by atoms with E-state index in [-0.39, 0.29) is 12.0 Å². The third-order valence-electron chi connectivity index (χ3n) is 4.29. The summed E-state index contributed by atoms with van der Waals surface area (Å²) in [5.41, 5.74) is 6.41. The lowest BCUT2D eigenvalue weighted by atomic mass is 9.92. The molecule has 0 bridgehead atoms. The van der Waals surface area contributed by atoms with Crippen molar-refractivity contribution < 1.29 is 5.11 Å². The summed E-state index contributed by atoms with van der Waals surface area (Å²) in [6.07, 6.45) is 1.55. The van der Waals surface area contributed by atoms with Gasteiger partial charge in [-0.05, 0) is 55.0 Å². The molecular weight excluding hydrogens is 310 g/mol. The fourth-order valence-corrected chi connectivity index (χ4v) is 3.21. The molecule has 0 saturated heterocycles. The van der Waals surface area contributed by atoms with Crippen LogP contribution in [0.1, 0.15) is 43.4 Å². The van der Waals surface area contributed by atoms with Gasteiger partial charge in [0.05, 0.1) is 0 Å². The number of aryl methyl sites for hydroxylation is 2. The maximum absolute atomic E-state index is 9.12. The van der Waals surface area contributed by atoms with Gasteiger partial charge < -0.3 is 5.11 Å². The summed E-state index contributed by atoms with van der Waals surface area (Å²) in [6.45, 7) is 11.0. The number of hydrogen-bond donors (Lipinski definition) is 1. The van der Waals surface area contributed by atoms with E-state index in [2.05, 4.69) is 62.6 Å². The molecule has 0 radical (unpaired) electrons. The van der Waals surface area contributed by atoms with E-state index in [4.69, 9.17) is 15.1 Å². The maximum Gasteiger partial charge on any atom is 0.165 e. The third-order valence-corrected chi connectivity index (χ3v) is 4.29. The Kier molecular flexibility index (Phi) is 4.65. The topological polar surface area (TPSA) is 50.9 Å². The lowest BCUT2D eigenvalue weighted by molar-refractivity contribution is 0.299. The minimum atomic E-state index is 0.138. The molecule has 3 rings (SSSR count). The Hall–Kier alpha value is -2.20. The van der Waals surface area contributed by atoms with Gasteiger partial charge in [0.15, 0.2) is 5.65 Å². The molecule has 4 nitrogen and oxygen atoms in total. The highest BCUT2D eigenvalue weighted by Crippen LogP contribution is 2.28. The van der Waals surface area contributed by atoms with E-state index < -0.39 is 0 Å². The smallest absolute Gasteiger partial charge is 0.165 e. The lowest BCUT2D eigenvalue weighted by Crippen LogP contribution is -2.14. The summed E-state index contributed by atoms with van der Waals surface area (Å²) in [7, 11) is 0. The molecule has 0 amide bonds. The van der Waals surface area contributed by atoms with Crippen LogP contribution in [0, 0.1) is 19.3 Å². The number of pyridine rings is 1. The van der Waals surface area contributed by atoms with Gasteiger partial charge in [-0.2, -0.15) is 0 Å². The molecule has 0 unspecified atom stereocenters. The minimum Gasteiger partial charge on any atom is -0.396 e. The van der Waals surface area contributed by atoms with Crippen LogP contribution in [0.25, 0.3) is 16.9 Å². The van der Waals surface area contributed by atoms with Crippen LogP contribution in [0.2, 0.25) is 0 Å². The van der Waals surface area contributed by atoms with E-state index in [1.165, 1.54) is 0 Å². The molecule has 0 atom stereocenters. The molecule has 25 heavy (non-hydrogen) atoms. The Morgan fingerprint density at radius 1 is 1.04 bits per heavy atom. The standard InChI is InChI=1S/C21H27N3O/c1-14-12-15(2)22-20-19(14)23-18(13-21(3,4)5)24(20)17-8-6-16(7-9-17)10-11-25/h6-9,12,25H,10-11,13H2,1-5H3. The van der Waals surface area contributed by atoms with Crippen LogP contribution in [-0.4, -0.2) is 26.2 Å². The summed E-state index contributed by atoms with van der Waals surface area (Å²) in [4.78, 5) is 9.72. The van der Waals surface area contributed by atoms with E-state index in [1.807, 2.05) is 6.92 Å². The van der Waals surface area contributed by atoms with Crippen molar-refractivity contribution in [1.29, 1.82) is 0 Å². The number of imidazole rings is 1. The number of aliphatic hydroxyl groups excluding tert-OH is 1. The highest BCUT2D eigenvalue weighted by atomic mass is 16.2. The third kappa shape index (κ3) is 3.74. The minimum absolute atomic E-state index is 0.138. The van der Waals surface area contributed by atoms with Crippen molar-refractivity contribution in [2.75, 3.05) is 6.61 Å². The van der Waals surface area contributed by atoms with E-state index in [9.17, 15) is 0 Å². The van der Waals surface area contributed by atoms with Crippen LogP contribution >= 0.6 is 0 Å². The Bertz CT molecular complexity index is 886. The second-order valence-corrected chi connectivity index (χ2v) is 7.99. The maximum atomic E-state index is 9.12. The molecule has 0 aliphatic heterocycles. The average molecular weight is 337 g/mol. The zero-order chi connectivity index (χ0) is 18.2. The highest BCUT2D eigenvalue weighted by Gasteiger charge is 2.21. The van der Waals surface area contributed by atoms with Crippen molar-refractivity contribution >= 4 is 11.2 Å². The fourth-order valence-electron chi connectivity index (χ4n) is 3.21. The number of benzene rings is 1. The lowest BCUT2D eigenvalue weighted by Gasteiger charge is -2.18. The molecule has 3 aromatic rings. The zero-order valence-electron chi connectivity index (χ0n) is 15.8. The largest absolute Gasteiger partial charge is 0.396 e. The van der Waals surface area contributed by atoms with Gasteiger partial charge in [-0.1, -0.05) is 32.9 Å². The van der Waals surface area contributed by atoms with Crippen molar-refractivity contribution in [3.63, 3.8) is 0 Å². The quantitative estimate of drug-likeness (QED) is 0.778. The highest BCUT2D eigenvalue weighted by molar-refractivity contribution is 5.78. The molecule has 0 spiro atoms. The molecule has 0 fully saturated rings. The monoisotopic (exact) mass is 337 g/mol. The molecule has 132 valence electrons. The molecule has 4 heteroatoms. The first-order valence-corrected chi connectivity index (χ1v) is 8.84. The second-order valence-electron chi connectivity index (χ2n) is 7.99. The predicted octanol–water partition coefficient (Wildman–Crippen LogP) is 4.16. The first kappa shape index (κ1) is 17.6. The van der Waals surface area contributed by atoms with Gasteiger partial charge >= 0.3 is 0 Å². The molecule has 0 aliphatic rings. The number of aliphatic hydroxyl groups is 1. The molecule has 2 aromatic heterocycles. The van der Waals surface area contributed by atoms with Gasteiger partial charge in [-0.3, -0.25) is 4.57 Å². The van der Waals surface area contributed by atoms with E-state index in [1.54, 1.807) is 0 Å². The van der Waals surface area contributed by atoms with Crippen LogP contribution in [0.5, 0.6) is 0 Å². The van der Waals surface area contributed by atoms with Gasteiger partial charge in [0.25, 0.3) is 0 Å². The van der Waals surface area contributed by atoms with Crippen molar-refractivity contribution in [2.24, 2.45) is 5.41 Å². The normalized spacial score (nSPS) is 12.1. The van der Waals surface area contributed by atoms with Gasteiger partial charge in [0.1, 0.15) is 11.3 Å². The first-order chi connectivity index (χ1) is 11.8. The van der Waals surface area contributed by atoms with Crippen molar-refractivity contribution in [2.45, 2.75) is 47.5 Å².